The van der Waals surface area contributed by atoms with Gasteiger partial charge in [-0.3, -0.25) is 9.09 Å². The molecule has 2 heterocycles. The minimum absolute atomic E-state index is 0.0105. The number of anilines is 1. The first kappa shape index (κ1) is 17.0. The van der Waals surface area contributed by atoms with Crippen molar-refractivity contribution in [1.29, 1.82) is 0 Å². The molecule has 7 N–H and O–H groups in total. The standard InChI is InChI=1S/C10H17N4O7P/c1-10(17)7(15)5(4-20-22(12,18)19)21-8(10)14-3-2-6(11)13-9(14)16/h2-3,5,7-8,15,17H,4H2,1H3,(H2,11,13,16)(H3,12,18,19)/t5-,7?,8-,10?/m1/s1. The van der Waals surface area contributed by atoms with Gasteiger partial charge in [-0.15, -0.1) is 0 Å². The zero-order chi connectivity index (χ0) is 16.7. The summed E-state index contributed by atoms with van der Waals surface area (Å²) in [6, 6.07) is 1.32. The predicted molar refractivity (Wildman–Crippen MR) is 73.4 cm³/mol. The van der Waals surface area contributed by atoms with Crippen molar-refractivity contribution >= 4 is 13.6 Å². The highest BCUT2D eigenvalue weighted by Gasteiger charge is 2.53. The van der Waals surface area contributed by atoms with Crippen LogP contribution < -0.4 is 16.9 Å². The summed E-state index contributed by atoms with van der Waals surface area (Å²) < 4.78 is 21.7. The van der Waals surface area contributed by atoms with Crippen LogP contribution in [0.5, 0.6) is 0 Å². The summed E-state index contributed by atoms with van der Waals surface area (Å²) in [5.74, 6) is -0.0105. The van der Waals surface area contributed by atoms with E-state index in [0.29, 0.717) is 0 Å². The molecule has 2 rings (SSSR count). The zero-order valence-electron chi connectivity index (χ0n) is 11.6. The molecular formula is C10H17N4O7P. The lowest BCUT2D eigenvalue weighted by atomic mass is 9.96. The van der Waals surface area contributed by atoms with E-state index < -0.39 is 44.1 Å². The lowest BCUT2D eigenvalue weighted by Crippen LogP contribution is -2.46. The summed E-state index contributed by atoms with van der Waals surface area (Å²) in [5.41, 5.74) is 7.54. The molecule has 11 nitrogen and oxygen atoms in total. The number of aliphatic hydroxyl groups excluding tert-OH is 1. The van der Waals surface area contributed by atoms with Gasteiger partial charge in [0, 0.05) is 6.20 Å². The van der Waals surface area contributed by atoms with E-state index in [0.717, 1.165) is 4.57 Å². The summed E-state index contributed by atoms with van der Waals surface area (Å²) in [4.78, 5) is 24.2. The van der Waals surface area contributed by atoms with Gasteiger partial charge >= 0.3 is 13.4 Å². The highest BCUT2D eigenvalue weighted by molar-refractivity contribution is 7.50. The minimum Gasteiger partial charge on any atom is -0.387 e. The monoisotopic (exact) mass is 336 g/mol. The first-order valence-electron chi connectivity index (χ1n) is 6.19. The van der Waals surface area contributed by atoms with E-state index >= 15 is 0 Å². The van der Waals surface area contributed by atoms with Crippen LogP contribution in [-0.4, -0.2) is 49.1 Å². The third-order valence-corrected chi connectivity index (χ3v) is 3.80. The van der Waals surface area contributed by atoms with Gasteiger partial charge in [-0.25, -0.2) is 14.9 Å². The van der Waals surface area contributed by atoms with Crippen molar-refractivity contribution in [3.8, 4) is 0 Å². The third kappa shape index (κ3) is 3.36. The van der Waals surface area contributed by atoms with Crippen molar-refractivity contribution in [3.63, 3.8) is 0 Å². The number of nitrogen functional groups attached to an aromatic ring is 1. The molecule has 12 heteroatoms. The van der Waals surface area contributed by atoms with Crippen molar-refractivity contribution in [3.05, 3.63) is 22.7 Å². The summed E-state index contributed by atoms with van der Waals surface area (Å²) in [6.45, 7) is 0.696. The van der Waals surface area contributed by atoms with Gasteiger partial charge in [0.05, 0.1) is 6.61 Å². The fraction of sp³-hybridized carbons (Fsp3) is 0.600. The smallest absolute Gasteiger partial charge is 0.387 e. The van der Waals surface area contributed by atoms with Crippen LogP contribution >= 0.6 is 7.75 Å². The van der Waals surface area contributed by atoms with E-state index in [9.17, 15) is 19.6 Å². The number of hydrogen-bond donors (Lipinski definition) is 5. The zero-order valence-corrected chi connectivity index (χ0v) is 12.5. The molecule has 0 radical (unpaired) electrons. The largest absolute Gasteiger partial charge is 0.400 e. The Bertz CT molecular complexity index is 657. The first-order valence-corrected chi connectivity index (χ1v) is 7.83. The molecule has 1 aliphatic rings. The third-order valence-electron chi connectivity index (χ3n) is 3.28. The molecule has 1 saturated heterocycles. The fourth-order valence-corrected chi connectivity index (χ4v) is 2.52. The van der Waals surface area contributed by atoms with Crippen LogP contribution in [-0.2, 0) is 13.8 Å². The maximum absolute atomic E-state index is 11.8. The molecule has 1 aromatic rings. The molecule has 0 aromatic carbocycles. The number of nitrogens with zero attached hydrogens (tertiary/aromatic N) is 2. The van der Waals surface area contributed by atoms with Gasteiger partial charge < -0.3 is 25.6 Å². The van der Waals surface area contributed by atoms with Crippen LogP contribution in [0.1, 0.15) is 13.2 Å². The summed E-state index contributed by atoms with van der Waals surface area (Å²) in [5, 5.41) is 20.4. The molecule has 1 fully saturated rings. The molecule has 3 unspecified atom stereocenters. The van der Waals surface area contributed by atoms with Crippen LogP contribution in [0, 0.1) is 0 Å². The molecule has 0 bridgehead atoms. The van der Waals surface area contributed by atoms with Crippen molar-refractivity contribution < 1.29 is 28.9 Å². The Morgan fingerprint density at radius 1 is 1.64 bits per heavy atom. The normalized spacial score (nSPS) is 34.5. The molecule has 124 valence electrons. The number of aromatic nitrogens is 2. The van der Waals surface area contributed by atoms with Gasteiger partial charge in [0.2, 0.25) is 0 Å². The van der Waals surface area contributed by atoms with Crippen LogP contribution in [0.3, 0.4) is 0 Å². The SMILES string of the molecule is CC1(O)C(O)[C@@H](COP(N)(=O)O)O[C@H]1n1ccc(N)nc1=O. The Hall–Kier alpha value is -1.33. The quantitative estimate of drug-likeness (QED) is 0.382. The van der Waals surface area contributed by atoms with Gasteiger partial charge in [-0.2, -0.15) is 4.98 Å². The fourth-order valence-electron chi connectivity index (χ4n) is 2.16. The van der Waals surface area contributed by atoms with E-state index in [1.807, 2.05) is 0 Å². The predicted octanol–water partition coefficient (Wildman–Crippen LogP) is -2.09. The second-order valence-electron chi connectivity index (χ2n) is 5.10. The summed E-state index contributed by atoms with van der Waals surface area (Å²) >= 11 is 0. The van der Waals surface area contributed by atoms with Gasteiger partial charge in [-0.1, -0.05) is 0 Å². The van der Waals surface area contributed by atoms with E-state index in [4.69, 9.17) is 20.9 Å². The molecule has 1 aliphatic heterocycles. The molecule has 0 saturated carbocycles. The number of nitrogens with two attached hydrogens (primary N) is 2. The number of rotatable bonds is 4. The van der Waals surface area contributed by atoms with Crippen LogP contribution in [0.2, 0.25) is 0 Å². The van der Waals surface area contributed by atoms with Crippen LogP contribution in [0.15, 0.2) is 17.1 Å². The Balaban J connectivity index is 2.26. The average Bonchev–Trinajstić information content (AvgIpc) is 2.59. The van der Waals surface area contributed by atoms with Gasteiger partial charge in [0.15, 0.2) is 6.23 Å². The molecule has 0 amide bonds. The van der Waals surface area contributed by atoms with Crippen molar-refractivity contribution in [2.45, 2.75) is 31.0 Å². The highest BCUT2D eigenvalue weighted by Crippen LogP contribution is 2.40. The average molecular weight is 336 g/mol. The molecule has 0 spiro atoms. The number of aliphatic hydroxyl groups is 2. The van der Waals surface area contributed by atoms with Gasteiger partial charge in [0.1, 0.15) is 23.6 Å². The Labute approximate surface area is 124 Å². The van der Waals surface area contributed by atoms with E-state index in [1.54, 1.807) is 0 Å². The van der Waals surface area contributed by atoms with E-state index in [1.165, 1.54) is 19.2 Å². The number of ether oxygens (including phenoxy) is 1. The second kappa shape index (κ2) is 5.70. The topological polar surface area (TPSA) is 183 Å². The van der Waals surface area contributed by atoms with E-state index in [2.05, 4.69) is 9.51 Å². The Morgan fingerprint density at radius 2 is 2.27 bits per heavy atom. The minimum atomic E-state index is -4.26. The number of hydrogen-bond acceptors (Lipinski definition) is 8. The molecule has 0 aliphatic carbocycles. The maximum Gasteiger partial charge on any atom is 0.400 e. The van der Waals surface area contributed by atoms with Crippen molar-refractivity contribution in [2.24, 2.45) is 5.50 Å². The molecule has 5 atom stereocenters. The summed E-state index contributed by atoms with van der Waals surface area (Å²) in [6.07, 6.45) is -2.70. The van der Waals surface area contributed by atoms with Crippen molar-refractivity contribution in [2.75, 3.05) is 12.3 Å². The lowest BCUT2D eigenvalue weighted by molar-refractivity contribution is -0.0984. The Kier molecular flexibility index (Phi) is 4.42. The second-order valence-corrected chi connectivity index (χ2v) is 6.49. The van der Waals surface area contributed by atoms with Crippen molar-refractivity contribution in [1.82, 2.24) is 9.55 Å². The molecule has 22 heavy (non-hydrogen) atoms. The molecular weight excluding hydrogens is 319 g/mol. The molecule has 1 aromatic heterocycles. The lowest BCUT2D eigenvalue weighted by Gasteiger charge is -2.27. The first-order chi connectivity index (χ1) is 10.0. The summed E-state index contributed by atoms with van der Waals surface area (Å²) in [7, 11) is -4.26. The van der Waals surface area contributed by atoms with Crippen LogP contribution in [0.4, 0.5) is 5.82 Å². The van der Waals surface area contributed by atoms with E-state index in [-0.39, 0.29) is 5.82 Å². The maximum atomic E-state index is 11.8. The van der Waals surface area contributed by atoms with Crippen LogP contribution in [0.25, 0.3) is 0 Å². The Morgan fingerprint density at radius 3 is 2.82 bits per heavy atom. The van der Waals surface area contributed by atoms with Gasteiger partial charge in [-0.05, 0) is 13.0 Å². The highest BCUT2D eigenvalue weighted by atomic mass is 31.2. The van der Waals surface area contributed by atoms with Gasteiger partial charge in [0.25, 0.3) is 0 Å².